The van der Waals surface area contributed by atoms with Gasteiger partial charge in [-0.2, -0.15) is 0 Å². The van der Waals surface area contributed by atoms with Gasteiger partial charge in [-0.05, 0) is 32.9 Å². The highest BCUT2D eigenvalue weighted by Crippen LogP contribution is 2.30. The van der Waals surface area contributed by atoms with Crippen molar-refractivity contribution in [1.82, 2.24) is 0 Å². The Morgan fingerprint density at radius 1 is 1.50 bits per heavy atom. The van der Waals surface area contributed by atoms with E-state index >= 15 is 0 Å². The number of ketones is 1. The van der Waals surface area contributed by atoms with Crippen LogP contribution in [0.15, 0.2) is 12.1 Å². The monoisotopic (exact) mass is 244 g/mol. The minimum atomic E-state index is -0.533. The second kappa shape index (κ2) is 5.30. The van der Waals surface area contributed by atoms with Gasteiger partial charge in [0.15, 0.2) is 0 Å². The Balaban J connectivity index is 3.15. The highest BCUT2D eigenvalue weighted by Gasteiger charge is 2.15. The number of halogens is 2. The molecule has 4 heteroatoms. The second-order valence-electron chi connectivity index (χ2n) is 3.88. The first-order valence-electron chi connectivity index (χ1n) is 5.04. The average Bonchev–Trinajstić information content (AvgIpc) is 2.16. The number of Topliss-reactive ketones (excluding diaryl/α,β-unsaturated/α-hetero) is 1. The first kappa shape index (κ1) is 13.0. The van der Waals surface area contributed by atoms with Crippen molar-refractivity contribution in [1.29, 1.82) is 0 Å². The van der Waals surface area contributed by atoms with E-state index in [1.54, 1.807) is 0 Å². The third-order valence-electron chi connectivity index (χ3n) is 1.94. The van der Waals surface area contributed by atoms with Crippen LogP contribution in [0.4, 0.5) is 4.39 Å². The molecule has 0 fully saturated rings. The molecule has 0 saturated carbocycles. The lowest BCUT2D eigenvalue weighted by atomic mass is 10.1. The molecule has 1 rings (SSSR count). The van der Waals surface area contributed by atoms with Crippen LogP contribution >= 0.6 is 11.6 Å². The van der Waals surface area contributed by atoms with Gasteiger partial charge in [-0.1, -0.05) is 11.6 Å². The Morgan fingerprint density at radius 3 is 2.62 bits per heavy atom. The summed E-state index contributed by atoms with van der Waals surface area (Å²) < 4.78 is 18.7. The fraction of sp³-hybridized carbons (Fsp3) is 0.417. The number of rotatable bonds is 4. The molecule has 2 nitrogen and oxygen atoms in total. The van der Waals surface area contributed by atoms with E-state index in [0.717, 1.165) is 0 Å². The predicted octanol–water partition coefficient (Wildman–Crippen LogP) is 3.40. The van der Waals surface area contributed by atoms with Crippen LogP contribution in [0.1, 0.15) is 26.3 Å². The summed E-state index contributed by atoms with van der Waals surface area (Å²) in [5, 5.41) is -0.0339. The van der Waals surface area contributed by atoms with Gasteiger partial charge in [0, 0.05) is 12.0 Å². The third kappa shape index (κ3) is 3.20. The Hall–Kier alpha value is -1.09. The molecule has 0 aliphatic rings. The van der Waals surface area contributed by atoms with E-state index in [9.17, 15) is 9.18 Å². The van der Waals surface area contributed by atoms with Crippen LogP contribution < -0.4 is 4.74 Å². The summed E-state index contributed by atoms with van der Waals surface area (Å²) in [5.41, 5.74) is 0.419. The molecule has 0 bridgehead atoms. The van der Waals surface area contributed by atoms with Crippen LogP contribution in [0.3, 0.4) is 0 Å². The lowest BCUT2D eigenvalue weighted by Crippen LogP contribution is -2.10. The number of carbonyl (C=O) groups excluding carboxylic acids is 1. The molecule has 1 aromatic rings. The zero-order chi connectivity index (χ0) is 12.3. The standard InChI is InChI=1S/C12H14ClFO2/c1-7(2)16-11-5-4-10(14)12(13)9(11)6-8(3)15/h4-5,7H,6H2,1-3H3. The molecule has 0 unspecified atom stereocenters. The summed E-state index contributed by atoms with van der Waals surface area (Å²) >= 11 is 5.82. The van der Waals surface area contributed by atoms with E-state index in [4.69, 9.17) is 16.3 Å². The molecule has 0 saturated heterocycles. The summed E-state index contributed by atoms with van der Waals surface area (Å²) in [7, 11) is 0. The van der Waals surface area contributed by atoms with Crippen LogP contribution in [0, 0.1) is 5.82 Å². The van der Waals surface area contributed by atoms with Gasteiger partial charge in [-0.3, -0.25) is 4.79 Å². The van der Waals surface area contributed by atoms with E-state index in [-0.39, 0.29) is 23.3 Å². The highest BCUT2D eigenvalue weighted by atomic mass is 35.5. The Morgan fingerprint density at radius 2 is 2.12 bits per heavy atom. The van der Waals surface area contributed by atoms with Crippen molar-refractivity contribution in [3.8, 4) is 5.75 Å². The minimum absolute atomic E-state index is 0.0339. The normalized spacial score (nSPS) is 10.6. The summed E-state index contributed by atoms with van der Waals surface area (Å²) in [5.74, 6) is -0.147. The summed E-state index contributed by atoms with van der Waals surface area (Å²) in [6, 6.07) is 2.74. The molecule has 0 spiro atoms. The van der Waals surface area contributed by atoms with Crippen molar-refractivity contribution in [2.45, 2.75) is 33.3 Å². The van der Waals surface area contributed by atoms with Gasteiger partial charge in [-0.25, -0.2) is 4.39 Å². The first-order chi connectivity index (χ1) is 7.41. The molecule has 0 aromatic heterocycles. The molecule has 1 aromatic carbocycles. The smallest absolute Gasteiger partial charge is 0.142 e. The zero-order valence-corrected chi connectivity index (χ0v) is 10.3. The number of carbonyl (C=O) groups is 1. The predicted molar refractivity (Wildman–Crippen MR) is 61.6 cm³/mol. The molecule has 0 atom stereocenters. The van der Waals surface area contributed by atoms with Gasteiger partial charge in [0.25, 0.3) is 0 Å². The number of benzene rings is 1. The van der Waals surface area contributed by atoms with Gasteiger partial charge in [0.1, 0.15) is 17.3 Å². The van der Waals surface area contributed by atoms with E-state index in [1.165, 1.54) is 19.1 Å². The van der Waals surface area contributed by atoms with Gasteiger partial charge in [-0.15, -0.1) is 0 Å². The van der Waals surface area contributed by atoms with Gasteiger partial charge in [0.05, 0.1) is 11.1 Å². The van der Waals surface area contributed by atoms with Crippen molar-refractivity contribution in [2.75, 3.05) is 0 Å². The maximum absolute atomic E-state index is 13.2. The van der Waals surface area contributed by atoms with Crippen LogP contribution in [-0.2, 0) is 11.2 Å². The Kier molecular flexibility index (Phi) is 4.30. The lowest BCUT2D eigenvalue weighted by molar-refractivity contribution is -0.116. The largest absolute Gasteiger partial charge is 0.491 e. The fourth-order valence-electron chi connectivity index (χ4n) is 1.35. The Bertz CT molecular complexity index is 402. The van der Waals surface area contributed by atoms with Crippen molar-refractivity contribution in [3.05, 3.63) is 28.5 Å². The van der Waals surface area contributed by atoms with E-state index in [2.05, 4.69) is 0 Å². The van der Waals surface area contributed by atoms with Crippen molar-refractivity contribution >= 4 is 17.4 Å². The van der Waals surface area contributed by atoms with E-state index < -0.39 is 5.82 Å². The Labute approximate surface area is 99.4 Å². The van der Waals surface area contributed by atoms with Crippen LogP contribution in [-0.4, -0.2) is 11.9 Å². The molecular weight excluding hydrogens is 231 g/mol. The zero-order valence-electron chi connectivity index (χ0n) is 9.51. The van der Waals surface area contributed by atoms with Crippen LogP contribution in [0.25, 0.3) is 0 Å². The number of hydrogen-bond acceptors (Lipinski definition) is 2. The van der Waals surface area contributed by atoms with Gasteiger partial charge in [0.2, 0.25) is 0 Å². The molecule has 16 heavy (non-hydrogen) atoms. The van der Waals surface area contributed by atoms with Crippen molar-refractivity contribution in [2.24, 2.45) is 0 Å². The first-order valence-corrected chi connectivity index (χ1v) is 5.42. The molecule has 0 aliphatic heterocycles. The molecule has 0 N–H and O–H groups in total. The summed E-state index contributed by atoms with van der Waals surface area (Å²) in [6.45, 7) is 5.14. The third-order valence-corrected chi connectivity index (χ3v) is 2.35. The van der Waals surface area contributed by atoms with Crippen LogP contribution in [0.2, 0.25) is 5.02 Å². The van der Waals surface area contributed by atoms with Crippen molar-refractivity contribution in [3.63, 3.8) is 0 Å². The van der Waals surface area contributed by atoms with Gasteiger partial charge < -0.3 is 4.74 Å². The molecule has 0 heterocycles. The highest BCUT2D eigenvalue weighted by molar-refractivity contribution is 6.31. The van der Waals surface area contributed by atoms with Crippen molar-refractivity contribution < 1.29 is 13.9 Å². The average molecular weight is 245 g/mol. The quantitative estimate of drug-likeness (QED) is 0.812. The van der Waals surface area contributed by atoms with Gasteiger partial charge >= 0.3 is 0 Å². The number of hydrogen-bond donors (Lipinski definition) is 0. The topological polar surface area (TPSA) is 26.3 Å². The molecule has 0 radical (unpaired) electrons. The fourth-order valence-corrected chi connectivity index (χ4v) is 1.58. The van der Waals surface area contributed by atoms with E-state index in [0.29, 0.717) is 11.3 Å². The number of ether oxygens (including phenoxy) is 1. The maximum atomic E-state index is 13.2. The molecule has 88 valence electrons. The van der Waals surface area contributed by atoms with E-state index in [1.807, 2.05) is 13.8 Å². The maximum Gasteiger partial charge on any atom is 0.142 e. The summed E-state index contributed by atoms with van der Waals surface area (Å²) in [6.07, 6.45) is 0.0331. The molecule has 0 amide bonds. The molecular formula is C12H14ClFO2. The summed E-state index contributed by atoms with van der Waals surface area (Å²) in [4.78, 5) is 11.1. The lowest BCUT2D eigenvalue weighted by Gasteiger charge is -2.15. The SMILES string of the molecule is CC(=O)Cc1c(OC(C)C)ccc(F)c1Cl. The second-order valence-corrected chi connectivity index (χ2v) is 4.26. The van der Waals surface area contributed by atoms with Crippen LogP contribution in [0.5, 0.6) is 5.75 Å². The molecule has 0 aliphatic carbocycles. The minimum Gasteiger partial charge on any atom is -0.491 e.